The van der Waals surface area contributed by atoms with E-state index in [1.807, 2.05) is 50.2 Å². The van der Waals surface area contributed by atoms with Crippen molar-refractivity contribution in [1.29, 1.82) is 0 Å². The third-order valence-corrected chi connectivity index (χ3v) is 5.26. The Kier molecular flexibility index (Phi) is 4.42. The fourth-order valence-electron chi connectivity index (χ4n) is 3.57. The molecule has 0 aliphatic carbocycles. The highest BCUT2D eigenvalue weighted by atomic mass is 35.5. The van der Waals surface area contributed by atoms with Gasteiger partial charge in [-0.15, -0.1) is 0 Å². The number of halogens is 1. The Hall–Kier alpha value is -2.79. The average molecular weight is 397 g/mol. The first-order valence-electron chi connectivity index (χ1n) is 9.09. The minimum atomic E-state index is -0.981. The molecular formula is C22H21ClN2O3. The van der Waals surface area contributed by atoms with Gasteiger partial charge in [-0.05, 0) is 45.4 Å². The van der Waals surface area contributed by atoms with Crippen LogP contribution in [0.3, 0.4) is 0 Å². The molecule has 0 bridgehead atoms. The number of hydrogen-bond donors (Lipinski definition) is 0. The molecule has 0 unspecified atom stereocenters. The zero-order chi connectivity index (χ0) is 20.1. The van der Waals surface area contributed by atoms with Gasteiger partial charge in [0.15, 0.2) is 5.60 Å². The average Bonchev–Trinajstić information content (AvgIpc) is 2.98. The second kappa shape index (κ2) is 6.67. The number of aryl methyl sites for hydroxylation is 2. The zero-order valence-electron chi connectivity index (χ0n) is 16.2. The molecule has 0 fully saturated rings. The normalized spacial score (nSPS) is 15.3. The first kappa shape index (κ1) is 18.6. The minimum absolute atomic E-state index is 0.106. The molecule has 0 saturated heterocycles. The van der Waals surface area contributed by atoms with Gasteiger partial charge in [0, 0.05) is 11.1 Å². The lowest BCUT2D eigenvalue weighted by Crippen LogP contribution is -2.52. The first-order chi connectivity index (χ1) is 13.3. The Morgan fingerprint density at radius 3 is 2.50 bits per heavy atom. The Bertz CT molecular complexity index is 1040. The van der Waals surface area contributed by atoms with E-state index in [1.165, 1.54) is 0 Å². The van der Waals surface area contributed by atoms with E-state index >= 15 is 0 Å². The third kappa shape index (κ3) is 3.06. The van der Waals surface area contributed by atoms with Crippen LogP contribution < -0.4 is 9.64 Å². The van der Waals surface area contributed by atoms with Gasteiger partial charge < -0.3 is 14.2 Å². The number of amides is 1. The number of nitrogens with zero attached hydrogens (tertiary/aromatic N) is 2. The predicted octanol–water partition coefficient (Wildman–Crippen LogP) is 5.32. The van der Waals surface area contributed by atoms with Crippen molar-refractivity contribution >= 4 is 23.2 Å². The molecule has 6 heteroatoms. The number of fused-ring (bicyclic) bond motifs is 1. The highest BCUT2D eigenvalue weighted by Crippen LogP contribution is 2.45. The van der Waals surface area contributed by atoms with Crippen LogP contribution in [0, 0.1) is 13.8 Å². The monoisotopic (exact) mass is 396 g/mol. The summed E-state index contributed by atoms with van der Waals surface area (Å²) in [5, 5.41) is 4.53. The quantitative estimate of drug-likeness (QED) is 0.601. The maximum Gasteiger partial charge on any atom is 0.271 e. The van der Waals surface area contributed by atoms with Crippen LogP contribution in [0.15, 0.2) is 47.0 Å². The Morgan fingerprint density at radius 1 is 1.14 bits per heavy atom. The standard InChI is InChI=1S/C22H21ClN2O3/c1-13-20(14(2)28-24-13)16-10-19-18(11-17(16)23)25(21(26)22(3,4)27-19)12-15-8-6-5-7-9-15/h5-11H,12H2,1-4H3. The van der Waals surface area contributed by atoms with Crippen LogP contribution in [0.2, 0.25) is 5.02 Å². The summed E-state index contributed by atoms with van der Waals surface area (Å²) in [6, 6.07) is 13.5. The van der Waals surface area contributed by atoms with Crippen molar-refractivity contribution in [2.75, 3.05) is 4.90 Å². The van der Waals surface area contributed by atoms with Crippen molar-refractivity contribution in [3.05, 3.63) is 64.5 Å². The molecule has 0 spiro atoms. The molecule has 1 aromatic heterocycles. The van der Waals surface area contributed by atoms with Gasteiger partial charge in [0.05, 0.1) is 22.9 Å². The van der Waals surface area contributed by atoms with Crippen molar-refractivity contribution in [1.82, 2.24) is 5.16 Å². The molecule has 4 rings (SSSR count). The number of aromatic nitrogens is 1. The van der Waals surface area contributed by atoms with E-state index in [2.05, 4.69) is 5.16 Å². The smallest absolute Gasteiger partial charge is 0.271 e. The number of carbonyl (C=O) groups is 1. The molecule has 1 aliphatic rings. The van der Waals surface area contributed by atoms with Gasteiger partial charge in [0.25, 0.3) is 5.91 Å². The third-order valence-electron chi connectivity index (χ3n) is 4.95. The van der Waals surface area contributed by atoms with Gasteiger partial charge in [0.2, 0.25) is 0 Å². The van der Waals surface area contributed by atoms with E-state index in [4.69, 9.17) is 20.9 Å². The molecule has 144 valence electrons. The van der Waals surface area contributed by atoms with E-state index in [1.54, 1.807) is 24.8 Å². The lowest BCUT2D eigenvalue weighted by Gasteiger charge is -2.39. The van der Waals surface area contributed by atoms with E-state index < -0.39 is 5.60 Å². The van der Waals surface area contributed by atoms with Crippen LogP contribution in [0.25, 0.3) is 11.1 Å². The second-order valence-corrected chi connectivity index (χ2v) is 7.90. The Morgan fingerprint density at radius 2 is 1.86 bits per heavy atom. The zero-order valence-corrected chi connectivity index (χ0v) is 17.0. The van der Waals surface area contributed by atoms with E-state index in [0.717, 1.165) is 22.4 Å². The summed E-state index contributed by atoms with van der Waals surface area (Å²) in [6.07, 6.45) is 0. The lowest BCUT2D eigenvalue weighted by molar-refractivity contribution is -0.132. The van der Waals surface area contributed by atoms with Gasteiger partial charge in [-0.1, -0.05) is 47.1 Å². The van der Waals surface area contributed by atoms with Crippen molar-refractivity contribution in [3.63, 3.8) is 0 Å². The highest BCUT2D eigenvalue weighted by molar-refractivity contribution is 6.34. The molecule has 2 heterocycles. The number of carbonyl (C=O) groups excluding carboxylic acids is 1. The molecule has 3 aromatic rings. The number of anilines is 1. The molecule has 28 heavy (non-hydrogen) atoms. The number of benzene rings is 2. The largest absolute Gasteiger partial charge is 0.476 e. The molecule has 0 radical (unpaired) electrons. The molecule has 0 N–H and O–H groups in total. The molecular weight excluding hydrogens is 376 g/mol. The Balaban J connectivity index is 1.85. The highest BCUT2D eigenvalue weighted by Gasteiger charge is 2.41. The van der Waals surface area contributed by atoms with Gasteiger partial charge in [-0.25, -0.2) is 0 Å². The van der Waals surface area contributed by atoms with Crippen LogP contribution in [-0.2, 0) is 11.3 Å². The second-order valence-electron chi connectivity index (χ2n) is 7.49. The van der Waals surface area contributed by atoms with E-state index in [-0.39, 0.29) is 5.91 Å². The van der Waals surface area contributed by atoms with Crippen molar-refractivity contribution in [2.45, 2.75) is 39.8 Å². The first-order valence-corrected chi connectivity index (χ1v) is 9.47. The minimum Gasteiger partial charge on any atom is -0.476 e. The SMILES string of the molecule is Cc1noc(C)c1-c1cc2c(cc1Cl)N(Cc1ccccc1)C(=O)C(C)(C)O2. The summed E-state index contributed by atoms with van der Waals surface area (Å²) in [7, 11) is 0. The fraction of sp³-hybridized carbons (Fsp3) is 0.273. The summed E-state index contributed by atoms with van der Waals surface area (Å²) in [6.45, 7) is 7.72. The van der Waals surface area contributed by atoms with E-state index in [0.29, 0.717) is 28.8 Å². The maximum atomic E-state index is 13.1. The predicted molar refractivity (Wildman–Crippen MR) is 109 cm³/mol. The van der Waals surface area contributed by atoms with Crippen LogP contribution >= 0.6 is 11.6 Å². The van der Waals surface area contributed by atoms with Crippen LogP contribution in [-0.4, -0.2) is 16.7 Å². The molecule has 1 aliphatic heterocycles. The number of rotatable bonds is 3. The lowest BCUT2D eigenvalue weighted by atomic mass is 9.99. The molecule has 5 nitrogen and oxygen atoms in total. The number of hydrogen-bond acceptors (Lipinski definition) is 4. The maximum absolute atomic E-state index is 13.1. The molecule has 2 aromatic carbocycles. The van der Waals surface area contributed by atoms with Crippen LogP contribution in [0.1, 0.15) is 30.9 Å². The van der Waals surface area contributed by atoms with Crippen LogP contribution in [0.5, 0.6) is 5.75 Å². The van der Waals surface area contributed by atoms with Gasteiger partial charge >= 0.3 is 0 Å². The van der Waals surface area contributed by atoms with Crippen LogP contribution in [0.4, 0.5) is 5.69 Å². The van der Waals surface area contributed by atoms with Gasteiger partial charge in [-0.3, -0.25) is 4.79 Å². The summed E-state index contributed by atoms with van der Waals surface area (Å²) in [5.41, 5.74) is 3.10. The topological polar surface area (TPSA) is 55.6 Å². The van der Waals surface area contributed by atoms with Crippen molar-refractivity contribution < 1.29 is 14.1 Å². The molecule has 0 atom stereocenters. The summed E-state index contributed by atoms with van der Waals surface area (Å²) < 4.78 is 11.4. The van der Waals surface area contributed by atoms with Crippen molar-refractivity contribution in [3.8, 4) is 16.9 Å². The molecule has 1 amide bonds. The summed E-state index contributed by atoms with van der Waals surface area (Å²) in [5.74, 6) is 1.19. The van der Waals surface area contributed by atoms with Gasteiger partial charge in [0.1, 0.15) is 11.5 Å². The van der Waals surface area contributed by atoms with Gasteiger partial charge in [-0.2, -0.15) is 0 Å². The summed E-state index contributed by atoms with van der Waals surface area (Å²) >= 11 is 6.62. The Labute approximate surface area is 168 Å². The fourth-order valence-corrected chi connectivity index (χ4v) is 3.82. The summed E-state index contributed by atoms with van der Waals surface area (Å²) in [4.78, 5) is 14.8. The van der Waals surface area contributed by atoms with Crippen molar-refractivity contribution in [2.24, 2.45) is 0 Å². The van der Waals surface area contributed by atoms with E-state index in [9.17, 15) is 4.79 Å². The number of ether oxygens (including phenoxy) is 1. The molecule has 0 saturated carbocycles.